The van der Waals surface area contributed by atoms with Crippen LogP contribution in [0.25, 0.3) is 0 Å². The summed E-state index contributed by atoms with van der Waals surface area (Å²) in [6.45, 7) is 1.50. The fourth-order valence-corrected chi connectivity index (χ4v) is 1.73. The van der Waals surface area contributed by atoms with Crippen LogP contribution in [0.1, 0.15) is 5.69 Å². The Bertz CT molecular complexity index is 334. The van der Waals surface area contributed by atoms with E-state index in [1.165, 1.54) is 0 Å². The third-order valence-electron chi connectivity index (χ3n) is 2.25. The highest BCUT2D eigenvalue weighted by molar-refractivity contribution is 6.18. The molecule has 0 spiro atoms. The van der Waals surface area contributed by atoms with Crippen LogP contribution in [0.5, 0.6) is 11.5 Å². The molecule has 0 saturated heterocycles. The van der Waals surface area contributed by atoms with Crippen LogP contribution in [0.4, 0.5) is 0 Å². The van der Waals surface area contributed by atoms with E-state index in [0.717, 1.165) is 12.2 Å². The minimum Gasteiger partial charge on any atom is -0.493 e. The summed E-state index contributed by atoms with van der Waals surface area (Å²) >= 11 is 5.68. The van der Waals surface area contributed by atoms with Crippen molar-refractivity contribution in [2.45, 2.75) is 6.54 Å². The van der Waals surface area contributed by atoms with Crippen molar-refractivity contribution >= 4 is 11.6 Å². The normalized spacial score (nSPS) is 10.6. The van der Waals surface area contributed by atoms with Crippen molar-refractivity contribution in [3.8, 4) is 11.5 Å². The molecule has 16 heavy (non-hydrogen) atoms. The molecular weight excluding hydrogens is 228 g/mol. The zero-order valence-corrected chi connectivity index (χ0v) is 10.6. The molecular formula is C11H17ClN2O2. The summed E-state index contributed by atoms with van der Waals surface area (Å²) in [5, 5.41) is 0. The third kappa shape index (κ3) is 3.25. The van der Waals surface area contributed by atoms with Gasteiger partial charge in [0.1, 0.15) is 5.69 Å². The van der Waals surface area contributed by atoms with Gasteiger partial charge >= 0.3 is 0 Å². The van der Waals surface area contributed by atoms with Crippen molar-refractivity contribution in [3.63, 3.8) is 0 Å². The maximum atomic E-state index is 5.68. The molecule has 0 amide bonds. The molecule has 1 rings (SSSR count). The first kappa shape index (κ1) is 13.1. The lowest BCUT2D eigenvalue weighted by molar-refractivity contribution is 0.316. The van der Waals surface area contributed by atoms with E-state index in [4.69, 9.17) is 21.1 Å². The second kappa shape index (κ2) is 6.55. The maximum absolute atomic E-state index is 5.68. The van der Waals surface area contributed by atoms with Crippen molar-refractivity contribution in [1.29, 1.82) is 0 Å². The molecule has 0 aliphatic carbocycles. The Morgan fingerprint density at radius 2 is 2.12 bits per heavy atom. The molecule has 1 aromatic rings. The number of halogens is 1. The van der Waals surface area contributed by atoms with Gasteiger partial charge in [0.05, 0.1) is 14.2 Å². The summed E-state index contributed by atoms with van der Waals surface area (Å²) in [6, 6.07) is 1.78. The molecule has 0 bridgehead atoms. The summed E-state index contributed by atoms with van der Waals surface area (Å²) in [4.78, 5) is 6.37. The van der Waals surface area contributed by atoms with E-state index in [0.29, 0.717) is 23.9 Å². The first-order chi connectivity index (χ1) is 7.72. The Hall–Kier alpha value is -1.00. The first-order valence-electron chi connectivity index (χ1n) is 5.03. The molecule has 1 heterocycles. The van der Waals surface area contributed by atoms with Crippen LogP contribution < -0.4 is 9.47 Å². The average Bonchev–Trinajstić information content (AvgIpc) is 2.29. The smallest absolute Gasteiger partial charge is 0.183 e. The Labute approximate surface area is 101 Å². The van der Waals surface area contributed by atoms with Crippen LogP contribution in [0.15, 0.2) is 12.3 Å². The van der Waals surface area contributed by atoms with Gasteiger partial charge in [0.2, 0.25) is 0 Å². The number of hydrogen-bond donors (Lipinski definition) is 0. The van der Waals surface area contributed by atoms with E-state index in [1.807, 2.05) is 7.05 Å². The van der Waals surface area contributed by atoms with Gasteiger partial charge in [-0.1, -0.05) is 0 Å². The molecule has 90 valence electrons. The molecule has 1 aromatic heterocycles. The van der Waals surface area contributed by atoms with Gasteiger partial charge in [-0.15, -0.1) is 11.6 Å². The van der Waals surface area contributed by atoms with E-state index in [1.54, 1.807) is 26.5 Å². The molecule has 0 atom stereocenters. The fraction of sp³-hybridized carbons (Fsp3) is 0.545. The molecule has 5 heteroatoms. The number of pyridine rings is 1. The molecule has 0 fully saturated rings. The minimum atomic E-state index is 0.600. The summed E-state index contributed by atoms with van der Waals surface area (Å²) < 4.78 is 10.5. The lowest BCUT2D eigenvalue weighted by atomic mass is 10.3. The highest BCUT2D eigenvalue weighted by Gasteiger charge is 2.12. The highest BCUT2D eigenvalue weighted by Crippen LogP contribution is 2.29. The Kier molecular flexibility index (Phi) is 5.35. The zero-order chi connectivity index (χ0) is 12.0. The van der Waals surface area contributed by atoms with Crippen molar-refractivity contribution in [2.24, 2.45) is 0 Å². The highest BCUT2D eigenvalue weighted by atomic mass is 35.5. The van der Waals surface area contributed by atoms with E-state index >= 15 is 0 Å². The molecule has 0 radical (unpaired) electrons. The molecule has 0 aliphatic rings. The van der Waals surface area contributed by atoms with E-state index in [9.17, 15) is 0 Å². The standard InChI is InChI=1S/C11H17ClN2O2/c1-14(7-5-12)8-9-11(16-3)10(15-2)4-6-13-9/h4,6H,5,7-8H2,1-3H3. The van der Waals surface area contributed by atoms with Crippen molar-refractivity contribution in [1.82, 2.24) is 9.88 Å². The van der Waals surface area contributed by atoms with Gasteiger partial charge in [0.25, 0.3) is 0 Å². The van der Waals surface area contributed by atoms with Crippen molar-refractivity contribution < 1.29 is 9.47 Å². The number of hydrogen-bond acceptors (Lipinski definition) is 4. The monoisotopic (exact) mass is 244 g/mol. The van der Waals surface area contributed by atoms with Crippen LogP contribution >= 0.6 is 11.6 Å². The SMILES string of the molecule is COc1ccnc(CN(C)CCCl)c1OC. The quantitative estimate of drug-likeness (QED) is 0.715. The van der Waals surface area contributed by atoms with Gasteiger partial charge in [0.15, 0.2) is 11.5 Å². The van der Waals surface area contributed by atoms with E-state index in [-0.39, 0.29) is 0 Å². The number of alkyl halides is 1. The Morgan fingerprint density at radius 3 is 2.69 bits per heavy atom. The van der Waals surface area contributed by atoms with Gasteiger partial charge in [-0.25, -0.2) is 0 Å². The topological polar surface area (TPSA) is 34.6 Å². The predicted molar refractivity (Wildman–Crippen MR) is 64.4 cm³/mol. The first-order valence-corrected chi connectivity index (χ1v) is 5.56. The summed E-state index contributed by atoms with van der Waals surface area (Å²) in [6.07, 6.45) is 1.71. The number of rotatable bonds is 6. The molecule has 4 nitrogen and oxygen atoms in total. The summed E-state index contributed by atoms with van der Waals surface area (Å²) in [5.74, 6) is 1.99. The summed E-state index contributed by atoms with van der Waals surface area (Å²) in [5.41, 5.74) is 0.856. The van der Waals surface area contributed by atoms with Crippen LogP contribution in [-0.4, -0.2) is 43.6 Å². The van der Waals surface area contributed by atoms with E-state index < -0.39 is 0 Å². The fourth-order valence-electron chi connectivity index (χ4n) is 1.44. The molecule has 0 N–H and O–H groups in total. The molecule has 0 aromatic carbocycles. The average molecular weight is 245 g/mol. The van der Waals surface area contributed by atoms with Crippen molar-refractivity contribution in [2.75, 3.05) is 33.7 Å². The van der Waals surface area contributed by atoms with E-state index in [2.05, 4.69) is 9.88 Å². The van der Waals surface area contributed by atoms with Gasteiger partial charge in [-0.3, -0.25) is 9.88 Å². The Morgan fingerprint density at radius 1 is 1.38 bits per heavy atom. The van der Waals surface area contributed by atoms with Gasteiger partial charge in [-0.05, 0) is 7.05 Å². The van der Waals surface area contributed by atoms with Crippen LogP contribution in [0, 0.1) is 0 Å². The second-order valence-corrected chi connectivity index (χ2v) is 3.80. The number of nitrogens with zero attached hydrogens (tertiary/aromatic N) is 2. The Balaban J connectivity index is 2.86. The summed E-state index contributed by atoms with van der Waals surface area (Å²) in [7, 11) is 5.22. The lowest BCUT2D eigenvalue weighted by Gasteiger charge is -2.17. The minimum absolute atomic E-state index is 0.600. The van der Waals surface area contributed by atoms with Crippen LogP contribution in [-0.2, 0) is 6.54 Å². The molecule has 0 aliphatic heterocycles. The van der Waals surface area contributed by atoms with Crippen LogP contribution in [0.3, 0.4) is 0 Å². The van der Waals surface area contributed by atoms with Crippen molar-refractivity contribution in [3.05, 3.63) is 18.0 Å². The van der Waals surface area contributed by atoms with Crippen LogP contribution in [0.2, 0.25) is 0 Å². The lowest BCUT2D eigenvalue weighted by Crippen LogP contribution is -2.21. The number of methoxy groups -OCH3 is 2. The van der Waals surface area contributed by atoms with Gasteiger partial charge < -0.3 is 9.47 Å². The predicted octanol–water partition coefficient (Wildman–Crippen LogP) is 1.77. The maximum Gasteiger partial charge on any atom is 0.183 e. The zero-order valence-electron chi connectivity index (χ0n) is 9.86. The molecule has 0 unspecified atom stereocenters. The number of aromatic nitrogens is 1. The molecule has 0 saturated carbocycles. The largest absolute Gasteiger partial charge is 0.493 e. The van der Waals surface area contributed by atoms with Gasteiger partial charge in [-0.2, -0.15) is 0 Å². The van der Waals surface area contributed by atoms with Gasteiger partial charge in [0, 0.05) is 31.2 Å². The second-order valence-electron chi connectivity index (χ2n) is 3.42. The third-order valence-corrected chi connectivity index (χ3v) is 2.42. The number of ether oxygens (including phenoxy) is 2.